The number of ether oxygens (including phenoxy) is 1. The standard InChI is InChI=1S/C23H29FN2O2/c1-3-4-5-6-7-8-9-14-26-21-12-10-17(15-20(21)25-23(26)27)19-16-18(24)11-13-22(19)28-2/h10-13,15-16H,3-9,14H2,1-2H3,(H,25,27). The van der Waals surface area contributed by atoms with Crippen LogP contribution in [0.5, 0.6) is 5.75 Å². The third kappa shape index (κ3) is 4.64. The minimum absolute atomic E-state index is 0.0932. The van der Waals surface area contributed by atoms with Crippen molar-refractivity contribution in [1.82, 2.24) is 9.55 Å². The van der Waals surface area contributed by atoms with Crippen LogP contribution in [0.1, 0.15) is 51.9 Å². The van der Waals surface area contributed by atoms with Crippen LogP contribution in [0.2, 0.25) is 0 Å². The molecule has 0 aliphatic rings. The minimum atomic E-state index is -0.319. The molecule has 0 amide bonds. The second-order valence-electron chi connectivity index (χ2n) is 7.28. The number of unbranched alkanes of at least 4 members (excludes halogenated alkanes) is 6. The topological polar surface area (TPSA) is 47.0 Å². The molecule has 0 bridgehead atoms. The number of halogens is 1. The van der Waals surface area contributed by atoms with E-state index in [-0.39, 0.29) is 11.5 Å². The molecule has 0 radical (unpaired) electrons. The quantitative estimate of drug-likeness (QED) is 0.443. The molecule has 0 saturated carbocycles. The van der Waals surface area contributed by atoms with Crippen molar-refractivity contribution >= 4 is 11.0 Å². The number of imidazole rings is 1. The Morgan fingerprint density at radius 3 is 2.50 bits per heavy atom. The molecule has 0 aliphatic heterocycles. The molecule has 1 N–H and O–H groups in total. The molecule has 0 saturated heterocycles. The number of nitrogens with one attached hydrogen (secondary N) is 1. The lowest BCUT2D eigenvalue weighted by Crippen LogP contribution is -2.16. The molecule has 28 heavy (non-hydrogen) atoms. The van der Waals surface area contributed by atoms with E-state index < -0.39 is 0 Å². The van der Waals surface area contributed by atoms with Gasteiger partial charge in [0.15, 0.2) is 0 Å². The molecule has 0 atom stereocenters. The van der Waals surface area contributed by atoms with E-state index in [1.807, 2.05) is 18.2 Å². The van der Waals surface area contributed by atoms with Crippen molar-refractivity contribution in [2.45, 2.75) is 58.4 Å². The number of aryl methyl sites for hydroxylation is 1. The normalized spacial score (nSPS) is 11.2. The molecule has 1 aromatic heterocycles. The van der Waals surface area contributed by atoms with E-state index >= 15 is 0 Å². The summed E-state index contributed by atoms with van der Waals surface area (Å²) in [5.74, 6) is 0.284. The lowest BCUT2D eigenvalue weighted by Gasteiger charge is -2.09. The van der Waals surface area contributed by atoms with Gasteiger partial charge in [0.05, 0.1) is 18.1 Å². The molecule has 150 valence electrons. The first-order chi connectivity index (χ1) is 13.6. The van der Waals surface area contributed by atoms with Crippen molar-refractivity contribution in [2.75, 3.05) is 7.11 Å². The number of nitrogens with zero attached hydrogens (tertiary/aromatic N) is 1. The maximum absolute atomic E-state index is 13.7. The Labute approximate surface area is 165 Å². The van der Waals surface area contributed by atoms with Crippen LogP contribution in [0, 0.1) is 5.82 Å². The van der Waals surface area contributed by atoms with E-state index in [0.717, 1.165) is 36.0 Å². The summed E-state index contributed by atoms with van der Waals surface area (Å²) >= 11 is 0. The molecule has 4 nitrogen and oxygen atoms in total. The third-order valence-electron chi connectivity index (χ3n) is 5.23. The van der Waals surface area contributed by atoms with Gasteiger partial charge in [-0.05, 0) is 42.3 Å². The van der Waals surface area contributed by atoms with Crippen molar-refractivity contribution in [3.8, 4) is 16.9 Å². The fourth-order valence-corrected chi connectivity index (χ4v) is 3.69. The van der Waals surface area contributed by atoms with Gasteiger partial charge in [0, 0.05) is 12.1 Å². The van der Waals surface area contributed by atoms with Crippen LogP contribution in [-0.2, 0) is 6.54 Å². The zero-order chi connectivity index (χ0) is 19.9. The van der Waals surface area contributed by atoms with E-state index in [0.29, 0.717) is 11.3 Å². The average molecular weight is 384 g/mol. The van der Waals surface area contributed by atoms with Crippen molar-refractivity contribution in [1.29, 1.82) is 0 Å². The Morgan fingerprint density at radius 2 is 1.75 bits per heavy atom. The molecule has 0 spiro atoms. The van der Waals surface area contributed by atoms with Gasteiger partial charge in [-0.1, -0.05) is 51.5 Å². The van der Waals surface area contributed by atoms with Crippen molar-refractivity contribution in [2.24, 2.45) is 0 Å². The second-order valence-corrected chi connectivity index (χ2v) is 7.28. The number of fused-ring (bicyclic) bond motifs is 1. The monoisotopic (exact) mass is 384 g/mol. The number of aromatic amines is 1. The summed E-state index contributed by atoms with van der Waals surface area (Å²) in [6, 6.07) is 10.2. The number of hydrogen-bond donors (Lipinski definition) is 1. The molecular formula is C23H29FN2O2. The van der Waals surface area contributed by atoms with Crippen LogP contribution in [0.15, 0.2) is 41.2 Å². The Kier molecular flexibility index (Phi) is 6.90. The first-order valence-electron chi connectivity index (χ1n) is 10.2. The van der Waals surface area contributed by atoms with Gasteiger partial charge in [-0.2, -0.15) is 0 Å². The highest BCUT2D eigenvalue weighted by Crippen LogP contribution is 2.32. The predicted octanol–water partition coefficient (Wildman–Crippen LogP) is 5.89. The van der Waals surface area contributed by atoms with Gasteiger partial charge < -0.3 is 9.72 Å². The van der Waals surface area contributed by atoms with Crippen LogP contribution < -0.4 is 10.4 Å². The van der Waals surface area contributed by atoms with Gasteiger partial charge in [-0.25, -0.2) is 9.18 Å². The fraction of sp³-hybridized carbons (Fsp3) is 0.435. The number of H-pyrrole nitrogens is 1. The molecule has 5 heteroatoms. The maximum Gasteiger partial charge on any atom is 0.326 e. The minimum Gasteiger partial charge on any atom is -0.496 e. The Bertz CT molecular complexity index is 974. The molecule has 0 fully saturated rings. The highest BCUT2D eigenvalue weighted by molar-refractivity contribution is 5.83. The summed E-state index contributed by atoms with van der Waals surface area (Å²) < 4.78 is 20.9. The number of rotatable bonds is 10. The predicted molar refractivity (Wildman–Crippen MR) is 112 cm³/mol. The smallest absolute Gasteiger partial charge is 0.326 e. The fourth-order valence-electron chi connectivity index (χ4n) is 3.69. The maximum atomic E-state index is 13.7. The van der Waals surface area contributed by atoms with E-state index in [4.69, 9.17) is 4.74 Å². The third-order valence-corrected chi connectivity index (χ3v) is 5.23. The zero-order valence-corrected chi connectivity index (χ0v) is 16.8. The summed E-state index contributed by atoms with van der Waals surface area (Å²) in [4.78, 5) is 15.3. The summed E-state index contributed by atoms with van der Waals surface area (Å²) in [6.45, 7) is 2.94. The lowest BCUT2D eigenvalue weighted by molar-refractivity contribution is 0.415. The van der Waals surface area contributed by atoms with Crippen LogP contribution in [0.4, 0.5) is 4.39 Å². The second kappa shape index (κ2) is 9.58. The molecule has 3 aromatic rings. The average Bonchev–Trinajstić information content (AvgIpc) is 3.01. The van der Waals surface area contributed by atoms with E-state index in [1.165, 1.54) is 44.2 Å². The molecule has 0 aliphatic carbocycles. The van der Waals surface area contributed by atoms with E-state index in [1.54, 1.807) is 17.7 Å². The highest BCUT2D eigenvalue weighted by Gasteiger charge is 2.11. The zero-order valence-electron chi connectivity index (χ0n) is 16.8. The lowest BCUT2D eigenvalue weighted by atomic mass is 10.0. The molecule has 3 rings (SSSR count). The number of hydrogen-bond acceptors (Lipinski definition) is 2. The van der Waals surface area contributed by atoms with Crippen molar-refractivity contribution in [3.05, 3.63) is 52.7 Å². The van der Waals surface area contributed by atoms with E-state index in [9.17, 15) is 9.18 Å². The molecular weight excluding hydrogens is 355 g/mol. The van der Waals surface area contributed by atoms with E-state index in [2.05, 4.69) is 11.9 Å². The van der Waals surface area contributed by atoms with Crippen LogP contribution in [0.25, 0.3) is 22.2 Å². The summed E-state index contributed by atoms with van der Waals surface area (Å²) in [5, 5.41) is 0. The number of methoxy groups -OCH3 is 1. The van der Waals surface area contributed by atoms with Gasteiger partial charge in [0.1, 0.15) is 11.6 Å². The highest BCUT2D eigenvalue weighted by atomic mass is 19.1. The van der Waals surface area contributed by atoms with Gasteiger partial charge in [0.2, 0.25) is 0 Å². The first kappa shape index (κ1) is 20.2. The Morgan fingerprint density at radius 1 is 1.00 bits per heavy atom. The largest absolute Gasteiger partial charge is 0.496 e. The first-order valence-corrected chi connectivity index (χ1v) is 10.2. The SMILES string of the molecule is CCCCCCCCCn1c(=O)[nH]c2cc(-c3cc(F)ccc3OC)ccc21. The molecule has 2 aromatic carbocycles. The summed E-state index contributed by atoms with van der Waals surface area (Å²) in [6.07, 6.45) is 8.50. The van der Waals surface area contributed by atoms with Crippen molar-refractivity contribution in [3.63, 3.8) is 0 Å². The Hall–Kier alpha value is -2.56. The Balaban J connectivity index is 1.75. The van der Waals surface area contributed by atoms with Crippen LogP contribution in [0.3, 0.4) is 0 Å². The van der Waals surface area contributed by atoms with Crippen LogP contribution in [-0.4, -0.2) is 16.7 Å². The number of benzene rings is 2. The summed E-state index contributed by atoms with van der Waals surface area (Å²) in [7, 11) is 1.57. The van der Waals surface area contributed by atoms with Gasteiger partial charge in [0.25, 0.3) is 0 Å². The van der Waals surface area contributed by atoms with Gasteiger partial charge in [-0.3, -0.25) is 4.57 Å². The van der Waals surface area contributed by atoms with Crippen molar-refractivity contribution < 1.29 is 9.13 Å². The molecule has 0 unspecified atom stereocenters. The number of aromatic nitrogens is 2. The molecule has 1 heterocycles. The van der Waals surface area contributed by atoms with Gasteiger partial charge in [-0.15, -0.1) is 0 Å². The van der Waals surface area contributed by atoms with Gasteiger partial charge >= 0.3 is 5.69 Å². The summed E-state index contributed by atoms with van der Waals surface area (Å²) in [5.41, 5.74) is 3.04. The van der Waals surface area contributed by atoms with Crippen LogP contribution >= 0.6 is 0 Å².